The average Bonchev–Trinajstić information content (AvgIpc) is 2.37. The second-order valence-electron chi connectivity index (χ2n) is 4.27. The Morgan fingerprint density at radius 2 is 1.89 bits per heavy atom. The zero-order valence-electron chi connectivity index (χ0n) is 10.8. The highest BCUT2D eigenvalue weighted by Crippen LogP contribution is 2.09. The van der Waals surface area contributed by atoms with Crippen molar-refractivity contribution in [3.05, 3.63) is 29.8 Å². The van der Waals surface area contributed by atoms with E-state index in [1.807, 2.05) is 6.92 Å². The van der Waals surface area contributed by atoms with Crippen molar-refractivity contribution >= 4 is 27.5 Å². The molecular formula is C12H17ClN2O3S. The van der Waals surface area contributed by atoms with Crippen molar-refractivity contribution in [3.8, 4) is 0 Å². The van der Waals surface area contributed by atoms with Gasteiger partial charge < -0.3 is 5.32 Å². The van der Waals surface area contributed by atoms with E-state index in [1.54, 1.807) is 31.2 Å². The summed E-state index contributed by atoms with van der Waals surface area (Å²) in [5.41, 5.74) is 0.988. The predicted molar refractivity (Wildman–Crippen MR) is 74.7 cm³/mol. The highest BCUT2D eigenvalue weighted by molar-refractivity contribution is 7.89. The van der Waals surface area contributed by atoms with Crippen molar-refractivity contribution in [2.45, 2.75) is 24.8 Å². The third-order valence-corrected chi connectivity index (χ3v) is 4.12. The molecule has 1 aromatic carbocycles. The lowest BCUT2D eigenvalue weighted by atomic mass is 10.2. The van der Waals surface area contributed by atoms with Crippen LogP contribution in [0.15, 0.2) is 29.2 Å². The van der Waals surface area contributed by atoms with Gasteiger partial charge in [0.15, 0.2) is 0 Å². The maximum Gasteiger partial charge on any atom is 0.240 e. The first-order valence-electron chi connectivity index (χ1n) is 5.77. The van der Waals surface area contributed by atoms with Crippen molar-refractivity contribution < 1.29 is 13.2 Å². The summed E-state index contributed by atoms with van der Waals surface area (Å²) in [5.74, 6) is -0.474. The van der Waals surface area contributed by atoms with Crippen LogP contribution in [-0.2, 0) is 14.8 Å². The van der Waals surface area contributed by atoms with Gasteiger partial charge >= 0.3 is 0 Å². The van der Waals surface area contributed by atoms with Crippen LogP contribution in [-0.4, -0.2) is 32.8 Å². The quantitative estimate of drug-likeness (QED) is 0.770. The van der Waals surface area contributed by atoms with Crippen LogP contribution in [0, 0.1) is 6.92 Å². The van der Waals surface area contributed by atoms with Crippen LogP contribution in [0.5, 0.6) is 0 Å². The Balaban J connectivity index is 2.61. The molecule has 5 nitrogen and oxygen atoms in total. The molecule has 0 aliphatic rings. The summed E-state index contributed by atoms with van der Waals surface area (Å²) in [4.78, 5) is 11.2. The molecule has 7 heteroatoms. The minimum atomic E-state index is -3.55. The molecule has 0 aromatic heterocycles. The van der Waals surface area contributed by atoms with Gasteiger partial charge in [0.2, 0.25) is 15.9 Å². The molecule has 0 aliphatic carbocycles. The molecule has 1 aromatic rings. The van der Waals surface area contributed by atoms with Gasteiger partial charge in [0, 0.05) is 12.6 Å². The second-order valence-corrected chi connectivity index (χ2v) is 6.30. The molecular weight excluding hydrogens is 288 g/mol. The number of hydrogen-bond donors (Lipinski definition) is 2. The van der Waals surface area contributed by atoms with Gasteiger partial charge in [-0.1, -0.05) is 17.7 Å². The lowest BCUT2D eigenvalue weighted by molar-refractivity contribution is -0.119. The van der Waals surface area contributed by atoms with Crippen LogP contribution in [0.3, 0.4) is 0 Å². The van der Waals surface area contributed by atoms with E-state index in [1.165, 1.54) is 0 Å². The number of carbonyl (C=O) groups excluding carboxylic acids is 1. The molecule has 0 fully saturated rings. The molecule has 0 bridgehead atoms. The van der Waals surface area contributed by atoms with Crippen molar-refractivity contribution in [2.75, 3.05) is 12.4 Å². The second kappa shape index (κ2) is 6.88. The Kier molecular flexibility index (Phi) is 5.78. The van der Waals surface area contributed by atoms with Crippen LogP contribution < -0.4 is 10.0 Å². The molecule has 0 saturated heterocycles. The number of alkyl halides is 1. The number of hydrogen-bond acceptors (Lipinski definition) is 3. The Hall–Kier alpha value is -1.11. The minimum absolute atomic E-state index is 0.110. The lowest BCUT2D eigenvalue weighted by Crippen LogP contribution is -2.42. The number of nitrogens with one attached hydrogen (secondary N) is 2. The number of benzene rings is 1. The van der Waals surface area contributed by atoms with E-state index < -0.39 is 10.0 Å². The Morgan fingerprint density at radius 3 is 2.42 bits per heavy atom. The number of sulfonamides is 1. The van der Waals surface area contributed by atoms with E-state index >= 15 is 0 Å². The summed E-state index contributed by atoms with van der Waals surface area (Å²) >= 11 is 5.35. The number of halogens is 1. The molecule has 0 aliphatic heterocycles. The van der Waals surface area contributed by atoms with E-state index in [4.69, 9.17) is 11.6 Å². The smallest absolute Gasteiger partial charge is 0.240 e. The zero-order chi connectivity index (χ0) is 14.5. The highest BCUT2D eigenvalue weighted by atomic mass is 35.5. The zero-order valence-corrected chi connectivity index (χ0v) is 12.4. The third-order valence-electron chi connectivity index (χ3n) is 2.44. The normalized spacial score (nSPS) is 13.0. The first kappa shape index (κ1) is 15.9. The highest BCUT2D eigenvalue weighted by Gasteiger charge is 2.15. The third kappa shape index (κ3) is 5.18. The van der Waals surface area contributed by atoms with Gasteiger partial charge in [0.05, 0.1) is 4.90 Å². The molecule has 1 atom stereocenters. The standard InChI is InChI=1S/C12H17ClN2O3S/c1-9-3-5-11(6-4-9)19(17,18)14-8-10(2)15-12(16)7-13/h3-6,10,14H,7-8H2,1-2H3,(H,15,16)/t10-/m1/s1. The van der Waals surface area contributed by atoms with Gasteiger partial charge in [-0.15, -0.1) is 11.6 Å². The average molecular weight is 305 g/mol. The fraction of sp³-hybridized carbons (Fsp3) is 0.417. The lowest BCUT2D eigenvalue weighted by Gasteiger charge is -2.14. The van der Waals surface area contributed by atoms with E-state index in [-0.39, 0.29) is 29.3 Å². The minimum Gasteiger partial charge on any atom is -0.351 e. The largest absolute Gasteiger partial charge is 0.351 e. The van der Waals surface area contributed by atoms with Gasteiger partial charge in [-0.25, -0.2) is 13.1 Å². The summed E-state index contributed by atoms with van der Waals surface area (Å²) in [7, 11) is -3.55. The van der Waals surface area contributed by atoms with E-state index in [0.717, 1.165) is 5.56 Å². The summed E-state index contributed by atoms with van der Waals surface area (Å²) in [5, 5.41) is 2.56. The van der Waals surface area contributed by atoms with Crippen LogP contribution in [0.2, 0.25) is 0 Å². The van der Waals surface area contributed by atoms with Gasteiger partial charge in [-0.3, -0.25) is 4.79 Å². The Bertz CT molecular complexity index is 528. The van der Waals surface area contributed by atoms with Crippen LogP contribution >= 0.6 is 11.6 Å². The first-order valence-corrected chi connectivity index (χ1v) is 7.78. The summed E-state index contributed by atoms with van der Waals surface area (Å²) in [6, 6.07) is 6.21. The molecule has 0 heterocycles. The summed E-state index contributed by atoms with van der Waals surface area (Å²) in [6.45, 7) is 3.69. The van der Waals surface area contributed by atoms with Gasteiger partial charge in [-0.05, 0) is 26.0 Å². The maximum atomic E-state index is 12.0. The molecule has 106 valence electrons. The molecule has 19 heavy (non-hydrogen) atoms. The van der Waals surface area contributed by atoms with Crippen molar-refractivity contribution in [1.29, 1.82) is 0 Å². The summed E-state index contributed by atoms with van der Waals surface area (Å²) < 4.78 is 26.3. The van der Waals surface area contributed by atoms with Crippen LogP contribution in [0.1, 0.15) is 12.5 Å². The number of rotatable bonds is 6. The van der Waals surface area contributed by atoms with Crippen molar-refractivity contribution in [2.24, 2.45) is 0 Å². The van der Waals surface area contributed by atoms with Gasteiger partial charge in [0.1, 0.15) is 5.88 Å². The fourth-order valence-electron chi connectivity index (χ4n) is 1.40. The van der Waals surface area contributed by atoms with Crippen molar-refractivity contribution in [3.63, 3.8) is 0 Å². The van der Waals surface area contributed by atoms with E-state index in [2.05, 4.69) is 10.0 Å². The summed E-state index contributed by atoms with van der Waals surface area (Å²) in [6.07, 6.45) is 0. The molecule has 0 saturated carbocycles. The molecule has 1 rings (SSSR count). The number of amides is 1. The molecule has 0 spiro atoms. The van der Waals surface area contributed by atoms with Gasteiger partial charge in [-0.2, -0.15) is 0 Å². The fourth-order valence-corrected chi connectivity index (χ4v) is 2.61. The first-order chi connectivity index (χ1) is 8.85. The molecule has 0 radical (unpaired) electrons. The number of aryl methyl sites for hydroxylation is 1. The monoisotopic (exact) mass is 304 g/mol. The maximum absolute atomic E-state index is 12.0. The molecule has 0 unspecified atom stereocenters. The molecule has 2 N–H and O–H groups in total. The SMILES string of the molecule is Cc1ccc(S(=O)(=O)NC[C@@H](C)NC(=O)CCl)cc1. The van der Waals surface area contributed by atoms with E-state index in [9.17, 15) is 13.2 Å². The van der Waals surface area contributed by atoms with Crippen LogP contribution in [0.25, 0.3) is 0 Å². The van der Waals surface area contributed by atoms with Crippen molar-refractivity contribution in [1.82, 2.24) is 10.0 Å². The predicted octanol–water partition coefficient (Wildman–Crippen LogP) is 1.02. The van der Waals surface area contributed by atoms with Crippen LogP contribution in [0.4, 0.5) is 0 Å². The topological polar surface area (TPSA) is 75.3 Å². The molecule has 1 amide bonds. The number of carbonyl (C=O) groups is 1. The van der Waals surface area contributed by atoms with Gasteiger partial charge in [0.25, 0.3) is 0 Å². The van der Waals surface area contributed by atoms with E-state index in [0.29, 0.717) is 0 Å². The Morgan fingerprint density at radius 1 is 1.32 bits per heavy atom. The Labute approximate surface area is 118 Å².